The summed E-state index contributed by atoms with van der Waals surface area (Å²) >= 11 is 2.28. The maximum Gasteiger partial charge on any atom is 0.157 e. The first kappa shape index (κ1) is 20.5. The van der Waals surface area contributed by atoms with Crippen LogP contribution in [0.15, 0.2) is 0 Å². The summed E-state index contributed by atoms with van der Waals surface area (Å²) in [6.45, 7) is 6.35. The molecule has 0 bridgehead atoms. The first-order valence-electron chi connectivity index (χ1n) is 8.03. The normalized spacial score (nSPS) is 18.7. The summed E-state index contributed by atoms with van der Waals surface area (Å²) in [6.07, 6.45) is 3.28. The minimum Gasteiger partial charge on any atom is -0.378 e. The van der Waals surface area contributed by atoms with Crippen LogP contribution in [0.5, 0.6) is 0 Å². The van der Waals surface area contributed by atoms with Crippen LogP contribution in [0.4, 0.5) is 0 Å². The Balaban J connectivity index is 1.68. The van der Waals surface area contributed by atoms with Gasteiger partial charge < -0.3 is 28.4 Å². The average molecular weight is 432 g/mol. The number of rotatable bonds is 15. The summed E-state index contributed by atoms with van der Waals surface area (Å²) in [7, 11) is 0. The third-order valence-electron chi connectivity index (χ3n) is 3.01. The summed E-state index contributed by atoms with van der Waals surface area (Å²) in [5.41, 5.74) is 0. The third-order valence-corrected chi connectivity index (χ3v) is 3.45. The van der Waals surface area contributed by atoms with Crippen molar-refractivity contribution < 1.29 is 28.4 Å². The van der Waals surface area contributed by atoms with Crippen molar-refractivity contribution in [3.05, 3.63) is 0 Å². The van der Waals surface area contributed by atoms with Crippen molar-refractivity contribution in [2.75, 3.05) is 70.5 Å². The van der Waals surface area contributed by atoms with E-state index in [4.69, 9.17) is 28.4 Å². The molecule has 132 valence electrons. The van der Waals surface area contributed by atoms with Crippen molar-refractivity contribution in [3.8, 4) is 0 Å². The molecule has 0 aromatic rings. The average Bonchev–Trinajstić information content (AvgIpc) is 2.56. The first-order chi connectivity index (χ1) is 10.9. The van der Waals surface area contributed by atoms with E-state index >= 15 is 0 Å². The van der Waals surface area contributed by atoms with Gasteiger partial charge in [0, 0.05) is 11.0 Å². The minimum atomic E-state index is -0.0355. The molecule has 1 heterocycles. The Morgan fingerprint density at radius 3 is 1.77 bits per heavy atom. The van der Waals surface area contributed by atoms with Gasteiger partial charge in [-0.25, -0.2) is 0 Å². The van der Waals surface area contributed by atoms with Gasteiger partial charge in [-0.15, -0.1) is 0 Å². The van der Waals surface area contributed by atoms with Gasteiger partial charge in [-0.2, -0.15) is 0 Å². The van der Waals surface area contributed by atoms with Crippen molar-refractivity contribution in [2.24, 2.45) is 0 Å². The molecule has 0 saturated carbocycles. The quantitative estimate of drug-likeness (QED) is 0.224. The van der Waals surface area contributed by atoms with Gasteiger partial charge >= 0.3 is 0 Å². The van der Waals surface area contributed by atoms with Gasteiger partial charge in [-0.05, 0) is 19.3 Å². The van der Waals surface area contributed by atoms with Gasteiger partial charge in [0.2, 0.25) is 0 Å². The lowest BCUT2D eigenvalue weighted by molar-refractivity contribution is -0.169. The molecule has 1 saturated heterocycles. The van der Waals surface area contributed by atoms with E-state index in [-0.39, 0.29) is 6.29 Å². The lowest BCUT2D eigenvalue weighted by Crippen LogP contribution is -2.24. The molecule has 0 radical (unpaired) electrons. The second-order valence-corrected chi connectivity index (χ2v) is 5.88. The Hall–Kier alpha value is 0.490. The first-order valence-corrected chi connectivity index (χ1v) is 9.56. The molecule has 1 unspecified atom stereocenters. The standard InChI is InChI=1S/C15H29IO6/c16-4-6-17-7-8-18-9-10-19-11-12-20-13-14-22-15-3-1-2-5-21-15/h15H,1-14H2. The van der Waals surface area contributed by atoms with Gasteiger partial charge in [0.25, 0.3) is 0 Å². The Labute approximate surface area is 147 Å². The lowest BCUT2D eigenvalue weighted by atomic mass is 10.2. The fourth-order valence-corrected chi connectivity index (χ4v) is 2.21. The topological polar surface area (TPSA) is 55.4 Å². The van der Waals surface area contributed by atoms with Crippen molar-refractivity contribution in [2.45, 2.75) is 25.6 Å². The van der Waals surface area contributed by atoms with Crippen LogP contribution in [0, 0.1) is 0 Å². The molecule has 1 aliphatic rings. The fraction of sp³-hybridized carbons (Fsp3) is 1.00. The molecule has 1 fully saturated rings. The summed E-state index contributed by atoms with van der Waals surface area (Å²) in [6, 6.07) is 0. The number of ether oxygens (including phenoxy) is 6. The van der Waals surface area contributed by atoms with Crippen molar-refractivity contribution >= 4 is 22.6 Å². The fourth-order valence-electron chi connectivity index (χ4n) is 1.90. The number of hydrogen-bond acceptors (Lipinski definition) is 6. The molecular weight excluding hydrogens is 403 g/mol. The molecule has 0 aromatic heterocycles. The molecule has 0 N–H and O–H groups in total. The number of hydrogen-bond donors (Lipinski definition) is 0. The second kappa shape index (κ2) is 16.4. The molecule has 1 rings (SSSR count). The number of alkyl halides is 1. The molecule has 7 heteroatoms. The monoisotopic (exact) mass is 432 g/mol. The highest BCUT2D eigenvalue weighted by Crippen LogP contribution is 2.13. The molecule has 0 aliphatic carbocycles. The van der Waals surface area contributed by atoms with Crippen LogP contribution in [0.2, 0.25) is 0 Å². The van der Waals surface area contributed by atoms with E-state index in [0.29, 0.717) is 52.9 Å². The van der Waals surface area contributed by atoms with Gasteiger partial charge in [-0.3, -0.25) is 0 Å². The minimum absolute atomic E-state index is 0.0355. The molecule has 0 spiro atoms. The maximum absolute atomic E-state index is 5.56. The molecule has 0 aromatic carbocycles. The summed E-state index contributed by atoms with van der Waals surface area (Å²) < 4.78 is 33.5. The molecule has 1 aliphatic heterocycles. The van der Waals surface area contributed by atoms with E-state index in [1.54, 1.807) is 0 Å². The van der Waals surface area contributed by atoms with Gasteiger partial charge in [0.1, 0.15) is 0 Å². The van der Waals surface area contributed by atoms with Gasteiger partial charge in [0.05, 0.1) is 59.5 Å². The van der Waals surface area contributed by atoms with Crippen LogP contribution >= 0.6 is 22.6 Å². The zero-order chi connectivity index (χ0) is 15.7. The zero-order valence-corrected chi connectivity index (χ0v) is 15.5. The SMILES string of the molecule is ICCOCCOCCOCCOCCOC1CCCCO1. The second-order valence-electron chi connectivity index (χ2n) is 4.81. The molecule has 22 heavy (non-hydrogen) atoms. The van der Waals surface area contributed by atoms with E-state index in [0.717, 1.165) is 30.5 Å². The van der Waals surface area contributed by atoms with Crippen molar-refractivity contribution in [3.63, 3.8) is 0 Å². The Kier molecular flexibility index (Phi) is 15.3. The molecule has 0 amide bonds. The Bertz CT molecular complexity index is 226. The summed E-state index contributed by atoms with van der Waals surface area (Å²) in [5, 5.41) is 0. The molecular formula is C15H29IO6. The predicted molar refractivity (Wildman–Crippen MR) is 91.7 cm³/mol. The highest BCUT2D eigenvalue weighted by molar-refractivity contribution is 14.1. The van der Waals surface area contributed by atoms with Crippen LogP contribution in [0.3, 0.4) is 0 Å². The van der Waals surface area contributed by atoms with Gasteiger partial charge in [-0.1, -0.05) is 22.6 Å². The summed E-state index contributed by atoms with van der Waals surface area (Å²) in [5.74, 6) is 0. The largest absolute Gasteiger partial charge is 0.378 e. The van der Waals surface area contributed by atoms with Gasteiger partial charge in [0.15, 0.2) is 6.29 Å². The predicted octanol–water partition coefficient (Wildman–Crippen LogP) is 2.03. The third kappa shape index (κ3) is 13.0. The summed E-state index contributed by atoms with van der Waals surface area (Å²) in [4.78, 5) is 0. The molecule has 1 atom stereocenters. The molecule has 6 nitrogen and oxygen atoms in total. The highest BCUT2D eigenvalue weighted by Gasteiger charge is 2.13. The number of halogens is 1. The van der Waals surface area contributed by atoms with Crippen LogP contribution in [-0.2, 0) is 28.4 Å². The van der Waals surface area contributed by atoms with E-state index in [2.05, 4.69) is 22.6 Å². The lowest BCUT2D eigenvalue weighted by Gasteiger charge is -2.22. The van der Waals surface area contributed by atoms with Crippen molar-refractivity contribution in [1.82, 2.24) is 0 Å². The Morgan fingerprint density at radius 2 is 1.27 bits per heavy atom. The van der Waals surface area contributed by atoms with Crippen LogP contribution in [-0.4, -0.2) is 76.8 Å². The smallest absolute Gasteiger partial charge is 0.157 e. The van der Waals surface area contributed by atoms with Crippen LogP contribution < -0.4 is 0 Å². The van der Waals surface area contributed by atoms with E-state index in [9.17, 15) is 0 Å². The van der Waals surface area contributed by atoms with E-state index < -0.39 is 0 Å². The van der Waals surface area contributed by atoms with Crippen LogP contribution in [0.25, 0.3) is 0 Å². The Morgan fingerprint density at radius 1 is 0.727 bits per heavy atom. The zero-order valence-electron chi connectivity index (χ0n) is 13.3. The van der Waals surface area contributed by atoms with Crippen LogP contribution in [0.1, 0.15) is 19.3 Å². The maximum atomic E-state index is 5.56. The van der Waals surface area contributed by atoms with E-state index in [1.807, 2.05) is 0 Å². The van der Waals surface area contributed by atoms with E-state index in [1.165, 1.54) is 6.42 Å². The van der Waals surface area contributed by atoms with Crippen molar-refractivity contribution in [1.29, 1.82) is 0 Å². The highest BCUT2D eigenvalue weighted by atomic mass is 127.